The van der Waals surface area contributed by atoms with E-state index in [9.17, 15) is 0 Å². The number of hydrogen-bond acceptors (Lipinski definition) is 3. The lowest BCUT2D eigenvalue weighted by Crippen LogP contribution is -2.62. The molecule has 1 aromatic carbocycles. The summed E-state index contributed by atoms with van der Waals surface area (Å²) in [5, 5.41) is 3.81. The molecule has 0 unspecified atom stereocenters. The van der Waals surface area contributed by atoms with Gasteiger partial charge >= 0.3 is 0 Å². The van der Waals surface area contributed by atoms with Gasteiger partial charge < -0.3 is 15.8 Å². The summed E-state index contributed by atoms with van der Waals surface area (Å²) in [6, 6.07) is 5.61. The lowest BCUT2D eigenvalue weighted by Gasteiger charge is -2.39. The monoisotopic (exact) mass is 248 g/mol. The molecule has 1 heterocycles. The van der Waals surface area contributed by atoms with E-state index in [0.717, 1.165) is 24.4 Å². The van der Waals surface area contributed by atoms with Crippen LogP contribution < -0.4 is 15.8 Å². The number of halogens is 2. The molecule has 3 nitrogen and oxygen atoms in total. The van der Waals surface area contributed by atoms with E-state index >= 15 is 0 Å². The first-order chi connectivity index (χ1) is 6.64. The minimum Gasteiger partial charge on any atom is -0.497 e. The highest BCUT2D eigenvalue weighted by Crippen LogP contribution is 2.29. The standard InChI is InChI=1S/C10H13ClN2O.ClH/c1-14-9-3-7(2-8(11)4-9)10(12)5-13-6-10;/h2-4,13H,5-6,12H2,1H3;1H. The average Bonchev–Trinajstić information content (AvgIpc) is 2.13. The fraction of sp³-hybridized carbons (Fsp3) is 0.400. The van der Waals surface area contributed by atoms with Gasteiger partial charge in [0.1, 0.15) is 5.75 Å². The van der Waals surface area contributed by atoms with Crippen molar-refractivity contribution in [2.75, 3.05) is 20.2 Å². The molecule has 1 aliphatic heterocycles. The van der Waals surface area contributed by atoms with Gasteiger partial charge in [-0.15, -0.1) is 12.4 Å². The van der Waals surface area contributed by atoms with Crippen LogP contribution in [0.4, 0.5) is 0 Å². The van der Waals surface area contributed by atoms with Gasteiger partial charge in [-0.2, -0.15) is 0 Å². The van der Waals surface area contributed by atoms with Crippen molar-refractivity contribution < 1.29 is 4.74 Å². The third kappa shape index (κ3) is 2.37. The Balaban J connectivity index is 0.00000112. The summed E-state index contributed by atoms with van der Waals surface area (Å²) in [7, 11) is 1.62. The minimum atomic E-state index is -0.280. The largest absolute Gasteiger partial charge is 0.497 e. The Hall–Kier alpha value is -0.480. The highest BCUT2D eigenvalue weighted by atomic mass is 35.5. The molecule has 1 aromatic rings. The molecule has 1 fully saturated rings. The SMILES string of the molecule is COc1cc(Cl)cc(C2(N)CNC2)c1.Cl. The van der Waals surface area contributed by atoms with Crippen LogP contribution in [0.15, 0.2) is 18.2 Å². The van der Waals surface area contributed by atoms with Crippen LogP contribution in [0.1, 0.15) is 5.56 Å². The normalized spacial score (nSPS) is 17.5. The molecular weight excluding hydrogens is 235 g/mol. The van der Waals surface area contributed by atoms with E-state index in [1.165, 1.54) is 0 Å². The van der Waals surface area contributed by atoms with Gasteiger partial charge in [0.2, 0.25) is 0 Å². The van der Waals surface area contributed by atoms with E-state index in [1.54, 1.807) is 13.2 Å². The average molecular weight is 249 g/mol. The first kappa shape index (κ1) is 12.6. The molecule has 0 atom stereocenters. The van der Waals surface area contributed by atoms with Crippen LogP contribution in [0.25, 0.3) is 0 Å². The third-order valence-corrected chi connectivity index (χ3v) is 2.78. The summed E-state index contributed by atoms with van der Waals surface area (Å²) < 4.78 is 5.14. The maximum atomic E-state index is 6.14. The van der Waals surface area contributed by atoms with Crippen LogP contribution >= 0.6 is 24.0 Å². The zero-order chi connectivity index (χ0) is 10.2. The topological polar surface area (TPSA) is 47.3 Å². The Labute approximate surface area is 100 Å². The van der Waals surface area contributed by atoms with Gasteiger partial charge in [0.15, 0.2) is 0 Å². The summed E-state index contributed by atoms with van der Waals surface area (Å²) >= 11 is 5.96. The van der Waals surface area contributed by atoms with E-state index in [1.807, 2.05) is 12.1 Å². The Kier molecular flexibility index (Phi) is 3.84. The highest BCUT2D eigenvalue weighted by Gasteiger charge is 2.34. The fourth-order valence-electron chi connectivity index (χ4n) is 1.57. The fourth-order valence-corrected chi connectivity index (χ4v) is 1.79. The number of benzene rings is 1. The van der Waals surface area contributed by atoms with Crippen molar-refractivity contribution in [2.45, 2.75) is 5.54 Å². The molecule has 0 saturated carbocycles. The molecule has 0 spiro atoms. The molecule has 5 heteroatoms. The lowest BCUT2D eigenvalue weighted by molar-refractivity contribution is 0.286. The van der Waals surface area contributed by atoms with Crippen LogP contribution in [-0.2, 0) is 5.54 Å². The number of ether oxygens (including phenoxy) is 1. The Morgan fingerprint density at radius 3 is 2.53 bits per heavy atom. The van der Waals surface area contributed by atoms with Crippen molar-refractivity contribution in [3.8, 4) is 5.75 Å². The van der Waals surface area contributed by atoms with E-state index in [4.69, 9.17) is 22.1 Å². The van der Waals surface area contributed by atoms with Gasteiger partial charge in [-0.3, -0.25) is 0 Å². The second kappa shape index (κ2) is 4.58. The Bertz CT molecular complexity index is 353. The van der Waals surface area contributed by atoms with Crippen molar-refractivity contribution in [3.63, 3.8) is 0 Å². The van der Waals surface area contributed by atoms with Gasteiger partial charge in [-0.1, -0.05) is 11.6 Å². The smallest absolute Gasteiger partial charge is 0.120 e. The van der Waals surface area contributed by atoms with Crippen LogP contribution in [-0.4, -0.2) is 20.2 Å². The van der Waals surface area contributed by atoms with E-state index in [2.05, 4.69) is 5.32 Å². The van der Waals surface area contributed by atoms with Crippen LogP contribution in [0.3, 0.4) is 0 Å². The molecule has 0 amide bonds. The second-order valence-electron chi connectivity index (χ2n) is 3.64. The van der Waals surface area contributed by atoms with Crippen molar-refractivity contribution in [1.29, 1.82) is 0 Å². The summed E-state index contributed by atoms with van der Waals surface area (Å²) in [6.45, 7) is 1.58. The second-order valence-corrected chi connectivity index (χ2v) is 4.08. The molecule has 0 bridgehead atoms. The van der Waals surface area contributed by atoms with Gasteiger partial charge in [0.05, 0.1) is 12.6 Å². The Morgan fingerprint density at radius 1 is 1.40 bits per heavy atom. The predicted molar refractivity (Wildman–Crippen MR) is 64.0 cm³/mol. The molecule has 3 N–H and O–H groups in total. The van der Waals surface area contributed by atoms with Crippen molar-refractivity contribution in [1.82, 2.24) is 5.32 Å². The molecule has 84 valence electrons. The first-order valence-corrected chi connectivity index (χ1v) is 4.86. The summed E-state index contributed by atoms with van der Waals surface area (Å²) in [6.07, 6.45) is 0. The highest BCUT2D eigenvalue weighted by molar-refractivity contribution is 6.30. The maximum absolute atomic E-state index is 6.14. The molecule has 2 rings (SSSR count). The summed E-state index contributed by atoms with van der Waals surface area (Å²) in [5.74, 6) is 0.754. The molecule has 1 aliphatic rings. The number of hydrogen-bond donors (Lipinski definition) is 2. The molecule has 0 aromatic heterocycles. The zero-order valence-corrected chi connectivity index (χ0v) is 9.99. The summed E-state index contributed by atoms with van der Waals surface area (Å²) in [4.78, 5) is 0. The minimum absolute atomic E-state index is 0. The van der Waals surface area contributed by atoms with E-state index in [0.29, 0.717) is 5.02 Å². The predicted octanol–water partition coefficient (Wildman–Crippen LogP) is 1.53. The molecule has 1 saturated heterocycles. The molecule has 0 radical (unpaired) electrons. The molecular formula is C10H14Cl2N2O. The molecule has 0 aliphatic carbocycles. The molecule has 15 heavy (non-hydrogen) atoms. The van der Waals surface area contributed by atoms with Crippen molar-refractivity contribution >= 4 is 24.0 Å². The quantitative estimate of drug-likeness (QED) is 0.835. The van der Waals surface area contributed by atoms with Gasteiger partial charge in [-0.05, 0) is 23.8 Å². The van der Waals surface area contributed by atoms with Crippen LogP contribution in [0, 0.1) is 0 Å². The summed E-state index contributed by atoms with van der Waals surface area (Å²) in [5.41, 5.74) is 6.89. The van der Waals surface area contributed by atoms with Crippen LogP contribution in [0.2, 0.25) is 5.02 Å². The van der Waals surface area contributed by atoms with Crippen molar-refractivity contribution in [3.05, 3.63) is 28.8 Å². The van der Waals surface area contributed by atoms with E-state index < -0.39 is 0 Å². The van der Waals surface area contributed by atoms with E-state index in [-0.39, 0.29) is 17.9 Å². The number of rotatable bonds is 2. The zero-order valence-electron chi connectivity index (χ0n) is 8.42. The first-order valence-electron chi connectivity index (χ1n) is 4.49. The van der Waals surface area contributed by atoms with Gasteiger partial charge in [-0.25, -0.2) is 0 Å². The maximum Gasteiger partial charge on any atom is 0.120 e. The number of nitrogens with one attached hydrogen (secondary N) is 1. The number of methoxy groups -OCH3 is 1. The number of nitrogens with two attached hydrogens (primary N) is 1. The van der Waals surface area contributed by atoms with Gasteiger partial charge in [0.25, 0.3) is 0 Å². The third-order valence-electron chi connectivity index (χ3n) is 2.56. The van der Waals surface area contributed by atoms with Crippen LogP contribution in [0.5, 0.6) is 5.75 Å². The van der Waals surface area contributed by atoms with Crippen molar-refractivity contribution in [2.24, 2.45) is 5.73 Å². The Morgan fingerprint density at radius 2 is 2.07 bits per heavy atom. The lowest BCUT2D eigenvalue weighted by atomic mass is 9.85. The van der Waals surface area contributed by atoms with Gasteiger partial charge in [0, 0.05) is 18.1 Å².